The summed E-state index contributed by atoms with van der Waals surface area (Å²) >= 11 is 0. The highest BCUT2D eigenvalue weighted by atomic mass is 16.5. The molecule has 0 saturated heterocycles. The van der Waals surface area contributed by atoms with Crippen molar-refractivity contribution in [2.45, 2.75) is 19.5 Å². The molecule has 0 spiro atoms. The van der Waals surface area contributed by atoms with Crippen molar-refractivity contribution in [3.05, 3.63) is 70.1 Å². The van der Waals surface area contributed by atoms with Crippen molar-refractivity contribution >= 4 is 11.0 Å². The van der Waals surface area contributed by atoms with E-state index in [9.17, 15) is 4.79 Å². The molecule has 0 bridgehead atoms. The van der Waals surface area contributed by atoms with Crippen molar-refractivity contribution in [1.29, 1.82) is 0 Å². The van der Waals surface area contributed by atoms with Crippen LogP contribution in [-0.2, 0) is 6.54 Å². The first kappa shape index (κ1) is 15.7. The second kappa shape index (κ2) is 6.26. The molecule has 1 aliphatic heterocycles. The zero-order valence-electron chi connectivity index (χ0n) is 14.2. The number of ether oxygens (including phenoxy) is 2. The minimum Gasteiger partial charge on any atom is -0.497 e. The van der Waals surface area contributed by atoms with Crippen molar-refractivity contribution in [3.63, 3.8) is 0 Å². The maximum absolute atomic E-state index is 12.5. The standard InChI is InChI=1S/C20H19NO4/c1-13-18-19(16-8-3-4-9-17(16)25-20(18)22)24-12-21(13)11-14-6-5-7-15(10-14)23-2/h3-10,13H,11-12H2,1-2H3. The Morgan fingerprint density at radius 1 is 1.20 bits per heavy atom. The van der Waals surface area contributed by atoms with E-state index in [4.69, 9.17) is 13.9 Å². The molecule has 1 atom stereocenters. The van der Waals surface area contributed by atoms with Gasteiger partial charge in [-0.1, -0.05) is 24.3 Å². The van der Waals surface area contributed by atoms with E-state index in [2.05, 4.69) is 4.90 Å². The fourth-order valence-corrected chi connectivity index (χ4v) is 3.28. The van der Waals surface area contributed by atoms with Crippen LogP contribution in [0.2, 0.25) is 0 Å². The SMILES string of the molecule is COc1cccc(CN2COc3c(c(=O)oc4ccccc34)C2C)c1. The van der Waals surface area contributed by atoms with E-state index in [-0.39, 0.29) is 11.7 Å². The van der Waals surface area contributed by atoms with Gasteiger partial charge in [-0.15, -0.1) is 0 Å². The van der Waals surface area contributed by atoms with E-state index in [0.29, 0.717) is 30.2 Å². The molecule has 0 amide bonds. The second-order valence-electron chi connectivity index (χ2n) is 6.18. The highest BCUT2D eigenvalue weighted by Gasteiger charge is 2.30. The Balaban J connectivity index is 1.70. The molecule has 1 unspecified atom stereocenters. The topological polar surface area (TPSA) is 51.9 Å². The van der Waals surface area contributed by atoms with Crippen LogP contribution < -0.4 is 15.1 Å². The van der Waals surface area contributed by atoms with E-state index in [0.717, 1.165) is 16.7 Å². The summed E-state index contributed by atoms with van der Waals surface area (Å²) in [5, 5.41) is 0.838. The number of hydrogen-bond donors (Lipinski definition) is 0. The van der Waals surface area contributed by atoms with Gasteiger partial charge in [0.05, 0.1) is 18.1 Å². The van der Waals surface area contributed by atoms with Crippen molar-refractivity contribution in [1.82, 2.24) is 4.90 Å². The van der Waals surface area contributed by atoms with Crippen molar-refractivity contribution in [2.24, 2.45) is 0 Å². The molecule has 1 aromatic heterocycles. The van der Waals surface area contributed by atoms with Gasteiger partial charge in [0.1, 0.15) is 23.8 Å². The van der Waals surface area contributed by atoms with E-state index in [1.165, 1.54) is 0 Å². The number of methoxy groups -OCH3 is 1. The van der Waals surface area contributed by atoms with Gasteiger partial charge in [-0.05, 0) is 36.8 Å². The van der Waals surface area contributed by atoms with Crippen molar-refractivity contribution < 1.29 is 13.9 Å². The monoisotopic (exact) mass is 337 g/mol. The van der Waals surface area contributed by atoms with Crippen LogP contribution in [0.3, 0.4) is 0 Å². The summed E-state index contributed by atoms with van der Waals surface area (Å²) in [7, 11) is 1.65. The van der Waals surface area contributed by atoms with Crippen LogP contribution in [0.4, 0.5) is 0 Å². The van der Waals surface area contributed by atoms with Crippen LogP contribution in [0.15, 0.2) is 57.7 Å². The van der Waals surface area contributed by atoms with Crippen molar-refractivity contribution in [3.8, 4) is 11.5 Å². The van der Waals surface area contributed by atoms with Gasteiger partial charge in [0.15, 0.2) is 0 Å². The maximum Gasteiger partial charge on any atom is 0.344 e. The van der Waals surface area contributed by atoms with Gasteiger partial charge < -0.3 is 13.9 Å². The summed E-state index contributed by atoms with van der Waals surface area (Å²) in [6.07, 6.45) is 0. The van der Waals surface area contributed by atoms with Crippen molar-refractivity contribution in [2.75, 3.05) is 13.8 Å². The molecule has 128 valence electrons. The number of benzene rings is 2. The number of hydrogen-bond acceptors (Lipinski definition) is 5. The molecular formula is C20H19NO4. The van der Waals surface area contributed by atoms with Gasteiger partial charge in [0, 0.05) is 12.6 Å². The van der Waals surface area contributed by atoms with Crippen LogP contribution in [0.25, 0.3) is 11.0 Å². The smallest absolute Gasteiger partial charge is 0.344 e. The van der Waals surface area contributed by atoms with Crippen LogP contribution in [0, 0.1) is 0 Å². The van der Waals surface area contributed by atoms with Crippen LogP contribution in [-0.4, -0.2) is 18.7 Å². The van der Waals surface area contributed by atoms with E-state index in [1.54, 1.807) is 13.2 Å². The quantitative estimate of drug-likeness (QED) is 0.682. The Morgan fingerprint density at radius 2 is 2.04 bits per heavy atom. The summed E-state index contributed by atoms with van der Waals surface area (Å²) in [6, 6.07) is 15.3. The van der Waals surface area contributed by atoms with Crippen LogP contribution in [0.1, 0.15) is 24.1 Å². The van der Waals surface area contributed by atoms with Gasteiger partial charge in [0.2, 0.25) is 0 Å². The number of rotatable bonds is 3. The molecule has 0 fully saturated rings. The molecule has 0 saturated carbocycles. The number of fused-ring (bicyclic) bond motifs is 3. The lowest BCUT2D eigenvalue weighted by Crippen LogP contribution is -2.37. The first-order chi connectivity index (χ1) is 12.2. The Kier molecular flexibility index (Phi) is 3.93. The highest BCUT2D eigenvalue weighted by Crippen LogP contribution is 2.37. The highest BCUT2D eigenvalue weighted by molar-refractivity contribution is 5.84. The fourth-order valence-electron chi connectivity index (χ4n) is 3.28. The Bertz CT molecular complexity index is 979. The first-order valence-electron chi connectivity index (χ1n) is 8.23. The predicted octanol–water partition coefficient (Wildman–Crippen LogP) is 3.71. The summed E-state index contributed by atoms with van der Waals surface area (Å²) in [4.78, 5) is 14.6. The lowest BCUT2D eigenvalue weighted by Gasteiger charge is -2.34. The fraction of sp³-hybridized carbons (Fsp3) is 0.250. The van der Waals surface area contributed by atoms with Gasteiger partial charge in [-0.25, -0.2) is 4.79 Å². The third-order valence-electron chi connectivity index (χ3n) is 4.66. The normalized spacial score (nSPS) is 17.1. The first-order valence-corrected chi connectivity index (χ1v) is 8.23. The van der Waals surface area contributed by atoms with E-state index in [1.807, 2.05) is 49.4 Å². The van der Waals surface area contributed by atoms with Gasteiger partial charge in [-0.3, -0.25) is 4.90 Å². The molecule has 5 nitrogen and oxygen atoms in total. The molecular weight excluding hydrogens is 318 g/mol. The van der Waals surface area contributed by atoms with Gasteiger partial charge >= 0.3 is 5.63 Å². The molecule has 0 aliphatic carbocycles. The Morgan fingerprint density at radius 3 is 2.88 bits per heavy atom. The van der Waals surface area contributed by atoms with Gasteiger partial charge in [-0.2, -0.15) is 0 Å². The third-order valence-corrected chi connectivity index (χ3v) is 4.66. The van der Waals surface area contributed by atoms with Gasteiger partial charge in [0.25, 0.3) is 0 Å². The number of nitrogens with zero attached hydrogens (tertiary/aromatic N) is 1. The molecule has 5 heteroatoms. The Hall–Kier alpha value is -2.79. The van der Waals surface area contributed by atoms with E-state index < -0.39 is 0 Å². The number of para-hydroxylation sites is 1. The summed E-state index contributed by atoms with van der Waals surface area (Å²) in [6.45, 7) is 3.08. The third kappa shape index (κ3) is 2.76. The van der Waals surface area contributed by atoms with E-state index >= 15 is 0 Å². The lowest BCUT2D eigenvalue weighted by molar-refractivity contribution is 0.0568. The molecule has 3 aromatic rings. The predicted molar refractivity (Wildman–Crippen MR) is 94.9 cm³/mol. The molecule has 25 heavy (non-hydrogen) atoms. The Labute approximate surface area is 145 Å². The molecule has 0 radical (unpaired) electrons. The summed E-state index contributed by atoms with van der Waals surface area (Å²) in [5.41, 5.74) is 1.90. The molecule has 2 aromatic carbocycles. The summed E-state index contributed by atoms with van der Waals surface area (Å²) in [5.74, 6) is 1.45. The zero-order valence-corrected chi connectivity index (χ0v) is 14.2. The molecule has 4 rings (SSSR count). The minimum absolute atomic E-state index is 0.101. The maximum atomic E-state index is 12.5. The lowest BCUT2D eigenvalue weighted by atomic mass is 10.0. The second-order valence-corrected chi connectivity index (χ2v) is 6.18. The zero-order chi connectivity index (χ0) is 17.4. The minimum atomic E-state index is -0.337. The molecule has 1 aliphatic rings. The molecule has 0 N–H and O–H groups in total. The average Bonchev–Trinajstić information content (AvgIpc) is 2.64. The average molecular weight is 337 g/mol. The summed E-state index contributed by atoms with van der Waals surface area (Å²) < 4.78 is 16.7. The largest absolute Gasteiger partial charge is 0.497 e. The van der Waals surface area contributed by atoms with Crippen LogP contribution >= 0.6 is 0 Å². The van der Waals surface area contributed by atoms with Crippen LogP contribution in [0.5, 0.6) is 11.5 Å². The molecule has 2 heterocycles.